The number of likely N-dealkylation sites (tertiary alicyclic amines) is 1. The van der Waals surface area contributed by atoms with Crippen LogP contribution in [-0.2, 0) is 10.0 Å². The number of piperidine rings is 1. The minimum Gasteiger partial charge on any atom is -0.385 e. The van der Waals surface area contributed by atoms with E-state index in [4.69, 9.17) is 0 Å². The van der Waals surface area contributed by atoms with E-state index in [1.165, 1.54) is 41.2 Å². The summed E-state index contributed by atoms with van der Waals surface area (Å²) in [7, 11) is -1.60. The van der Waals surface area contributed by atoms with Crippen LogP contribution in [0.3, 0.4) is 0 Å². The zero-order valence-corrected chi connectivity index (χ0v) is 17.3. The number of aromatic nitrogens is 1. The fraction of sp³-hybridized carbons (Fsp3) is 0.364. The van der Waals surface area contributed by atoms with Crippen molar-refractivity contribution in [2.24, 2.45) is 5.92 Å². The molecule has 0 spiro atoms. The van der Waals surface area contributed by atoms with Gasteiger partial charge in [-0.2, -0.15) is 0 Å². The summed E-state index contributed by atoms with van der Waals surface area (Å²) >= 11 is 0. The Morgan fingerprint density at radius 2 is 1.90 bits per heavy atom. The number of halogens is 1. The Morgan fingerprint density at radius 3 is 2.69 bits per heavy atom. The normalized spacial score (nSPS) is 16.3. The Labute approximate surface area is 171 Å². The van der Waals surface area contributed by atoms with E-state index < -0.39 is 10.0 Å². The molecule has 4 rings (SSSR count). The zero-order valence-electron chi connectivity index (χ0n) is 16.5. The Kier molecular flexibility index (Phi) is 5.61. The maximum atomic E-state index is 13.4. The number of anilines is 1. The minimum absolute atomic E-state index is 0.212. The maximum Gasteiger partial charge on any atom is 0.268 e. The Balaban J connectivity index is 1.48. The van der Waals surface area contributed by atoms with Crippen LogP contribution in [0.25, 0.3) is 10.9 Å². The minimum atomic E-state index is -3.76. The van der Waals surface area contributed by atoms with Crippen molar-refractivity contribution in [3.05, 3.63) is 60.5 Å². The summed E-state index contributed by atoms with van der Waals surface area (Å²) < 4.78 is 40.9. The molecule has 0 aliphatic carbocycles. The molecule has 0 saturated carbocycles. The first kappa shape index (κ1) is 19.9. The lowest BCUT2D eigenvalue weighted by Crippen LogP contribution is -2.30. The van der Waals surface area contributed by atoms with Gasteiger partial charge in [0.05, 0.1) is 10.4 Å². The van der Waals surface area contributed by atoms with Crippen LogP contribution in [0, 0.1) is 11.7 Å². The fourth-order valence-electron chi connectivity index (χ4n) is 3.95. The average Bonchev–Trinajstić information content (AvgIpc) is 3.13. The molecule has 1 saturated heterocycles. The SMILES string of the molecule is CN1CCC(CCNc2cccc(S(=O)(=O)n3ccc4cc(F)ccc43)c2)CC1. The predicted molar refractivity (Wildman–Crippen MR) is 114 cm³/mol. The second-order valence-corrected chi connectivity index (χ2v) is 9.62. The highest BCUT2D eigenvalue weighted by atomic mass is 32.2. The first-order valence-corrected chi connectivity index (χ1v) is 11.4. The lowest BCUT2D eigenvalue weighted by atomic mass is 9.94. The predicted octanol–water partition coefficient (Wildman–Crippen LogP) is 4.16. The van der Waals surface area contributed by atoms with Gasteiger partial charge < -0.3 is 10.2 Å². The molecule has 0 radical (unpaired) electrons. The summed E-state index contributed by atoms with van der Waals surface area (Å²) in [4.78, 5) is 2.57. The second kappa shape index (κ2) is 8.16. The standard InChI is InChI=1S/C22H26FN3O2S/c1-25-12-8-17(9-13-25)7-11-24-20-3-2-4-21(16-20)29(27,28)26-14-10-18-15-19(23)5-6-22(18)26/h2-6,10,14-17,24H,7-9,11-13H2,1H3. The third-order valence-electron chi connectivity index (χ3n) is 5.73. The highest BCUT2D eigenvalue weighted by Gasteiger charge is 2.20. The van der Waals surface area contributed by atoms with Gasteiger partial charge in [0.2, 0.25) is 0 Å². The van der Waals surface area contributed by atoms with Gasteiger partial charge in [-0.15, -0.1) is 0 Å². The molecule has 0 bridgehead atoms. The van der Waals surface area contributed by atoms with Crippen LogP contribution in [0.4, 0.5) is 10.1 Å². The van der Waals surface area contributed by atoms with Crippen molar-refractivity contribution >= 4 is 26.6 Å². The molecule has 1 aliphatic heterocycles. The number of hydrogen-bond donors (Lipinski definition) is 1. The van der Waals surface area contributed by atoms with Crippen molar-refractivity contribution < 1.29 is 12.8 Å². The van der Waals surface area contributed by atoms with Gasteiger partial charge in [0, 0.05) is 23.8 Å². The van der Waals surface area contributed by atoms with Gasteiger partial charge in [-0.05, 0) is 87.8 Å². The first-order valence-electron chi connectivity index (χ1n) is 9.98. The summed E-state index contributed by atoms with van der Waals surface area (Å²) in [5.41, 5.74) is 1.26. The molecular weight excluding hydrogens is 389 g/mol. The summed E-state index contributed by atoms with van der Waals surface area (Å²) in [5.74, 6) is 0.334. The monoisotopic (exact) mass is 415 g/mol. The molecule has 2 aromatic carbocycles. The molecule has 5 nitrogen and oxygen atoms in total. The van der Waals surface area contributed by atoms with Gasteiger partial charge in [-0.3, -0.25) is 0 Å². The van der Waals surface area contributed by atoms with E-state index >= 15 is 0 Å². The maximum absolute atomic E-state index is 13.4. The van der Waals surface area contributed by atoms with Crippen molar-refractivity contribution in [2.75, 3.05) is 32.0 Å². The molecule has 1 aliphatic rings. The van der Waals surface area contributed by atoms with Gasteiger partial charge in [0.1, 0.15) is 5.82 Å². The molecule has 0 unspecified atom stereocenters. The number of rotatable bonds is 6. The first-order chi connectivity index (χ1) is 13.9. The number of fused-ring (bicyclic) bond motifs is 1. The van der Waals surface area contributed by atoms with E-state index in [1.54, 1.807) is 24.3 Å². The van der Waals surface area contributed by atoms with Crippen molar-refractivity contribution in [1.29, 1.82) is 0 Å². The van der Waals surface area contributed by atoms with Gasteiger partial charge in [0.15, 0.2) is 0 Å². The summed E-state index contributed by atoms with van der Waals surface area (Å²) in [6.45, 7) is 3.11. The molecule has 2 heterocycles. The lowest BCUT2D eigenvalue weighted by Gasteiger charge is -2.29. The Hall–Kier alpha value is -2.38. The van der Waals surface area contributed by atoms with E-state index in [0.717, 1.165) is 37.7 Å². The number of benzene rings is 2. The fourth-order valence-corrected chi connectivity index (χ4v) is 5.35. The molecule has 7 heteroatoms. The van der Waals surface area contributed by atoms with E-state index in [0.29, 0.717) is 10.9 Å². The van der Waals surface area contributed by atoms with Gasteiger partial charge >= 0.3 is 0 Å². The van der Waals surface area contributed by atoms with Crippen LogP contribution in [0.5, 0.6) is 0 Å². The molecule has 1 N–H and O–H groups in total. The smallest absolute Gasteiger partial charge is 0.268 e. The van der Waals surface area contributed by atoms with Crippen LogP contribution in [0.15, 0.2) is 59.6 Å². The largest absolute Gasteiger partial charge is 0.385 e. The van der Waals surface area contributed by atoms with Crippen molar-refractivity contribution in [3.8, 4) is 0 Å². The quantitative estimate of drug-likeness (QED) is 0.657. The van der Waals surface area contributed by atoms with Crippen molar-refractivity contribution in [1.82, 2.24) is 8.87 Å². The highest BCUT2D eigenvalue weighted by molar-refractivity contribution is 7.90. The van der Waals surface area contributed by atoms with Gasteiger partial charge in [-0.1, -0.05) is 6.07 Å². The molecule has 1 aromatic heterocycles. The molecular formula is C22H26FN3O2S. The topological polar surface area (TPSA) is 54.3 Å². The second-order valence-electron chi connectivity index (χ2n) is 7.81. The van der Waals surface area contributed by atoms with Crippen molar-refractivity contribution in [2.45, 2.75) is 24.2 Å². The molecule has 3 aromatic rings. The average molecular weight is 416 g/mol. The van der Waals surface area contributed by atoms with Crippen LogP contribution in [0.2, 0.25) is 0 Å². The lowest BCUT2D eigenvalue weighted by molar-refractivity contribution is 0.215. The van der Waals surface area contributed by atoms with E-state index in [-0.39, 0.29) is 10.7 Å². The van der Waals surface area contributed by atoms with E-state index in [1.807, 2.05) is 6.07 Å². The molecule has 154 valence electrons. The third kappa shape index (κ3) is 4.31. The zero-order chi connectivity index (χ0) is 20.4. The molecule has 0 atom stereocenters. The number of nitrogens with one attached hydrogen (secondary N) is 1. The Morgan fingerprint density at radius 1 is 1.10 bits per heavy atom. The van der Waals surface area contributed by atoms with Gasteiger partial charge in [-0.25, -0.2) is 16.8 Å². The van der Waals surface area contributed by atoms with Crippen LogP contribution in [-0.4, -0.2) is 44.0 Å². The number of nitrogens with zero attached hydrogens (tertiary/aromatic N) is 2. The van der Waals surface area contributed by atoms with E-state index in [2.05, 4.69) is 17.3 Å². The molecule has 29 heavy (non-hydrogen) atoms. The van der Waals surface area contributed by atoms with Crippen LogP contribution < -0.4 is 5.32 Å². The summed E-state index contributed by atoms with van der Waals surface area (Å²) in [6, 6.07) is 12.6. The molecule has 0 amide bonds. The van der Waals surface area contributed by atoms with E-state index in [9.17, 15) is 12.8 Å². The van der Waals surface area contributed by atoms with Crippen molar-refractivity contribution in [3.63, 3.8) is 0 Å². The molecule has 1 fully saturated rings. The van der Waals surface area contributed by atoms with Crippen LogP contribution in [0.1, 0.15) is 19.3 Å². The van der Waals surface area contributed by atoms with Gasteiger partial charge in [0.25, 0.3) is 10.0 Å². The summed E-state index contributed by atoms with van der Waals surface area (Å²) in [5, 5.41) is 3.93. The van der Waals surface area contributed by atoms with Crippen LogP contribution >= 0.6 is 0 Å². The Bertz CT molecular complexity index is 1100. The summed E-state index contributed by atoms with van der Waals surface area (Å²) in [6.07, 6.45) is 4.99. The number of hydrogen-bond acceptors (Lipinski definition) is 4. The third-order valence-corrected chi connectivity index (χ3v) is 7.41. The highest BCUT2D eigenvalue weighted by Crippen LogP contribution is 2.25.